The van der Waals surface area contributed by atoms with Crippen molar-refractivity contribution in [3.05, 3.63) is 63.7 Å². The van der Waals surface area contributed by atoms with Crippen molar-refractivity contribution in [3.63, 3.8) is 0 Å². The summed E-state index contributed by atoms with van der Waals surface area (Å²) in [6.07, 6.45) is -2.26. The summed E-state index contributed by atoms with van der Waals surface area (Å²) in [7, 11) is 2.70. The number of alkyl halides is 3. The molecule has 0 N–H and O–H groups in total. The number of anilines is 1. The third kappa shape index (κ3) is 4.45. The second kappa shape index (κ2) is 9.18. The van der Waals surface area contributed by atoms with Gasteiger partial charge in [0, 0.05) is 38.0 Å². The molecule has 1 aliphatic rings. The Morgan fingerprint density at radius 1 is 1.13 bits per heavy atom. The second-order valence-corrected chi connectivity index (χ2v) is 8.96. The van der Waals surface area contributed by atoms with E-state index in [4.69, 9.17) is 10.00 Å². The third-order valence-corrected chi connectivity index (χ3v) is 6.16. The summed E-state index contributed by atoms with van der Waals surface area (Å²) < 4.78 is 64.2. The van der Waals surface area contributed by atoms with E-state index in [-0.39, 0.29) is 35.4 Å². The fraction of sp³-hybridized carbons (Fsp3) is 0.333. The van der Waals surface area contributed by atoms with Gasteiger partial charge in [0.25, 0.3) is 5.56 Å². The molecule has 1 aliphatic heterocycles. The zero-order valence-corrected chi connectivity index (χ0v) is 20.4. The molecule has 0 bridgehead atoms. The smallest absolute Gasteiger partial charge is 0.367 e. The maximum atomic E-state index is 15.1. The van der Waals surface area contributed by atoms with Gasteiger partial charge in [-0.2, -0.15) is 23.5 Å². The number of benzene rings is 1. The molecule has 4 aromatic rings. The third-order valence-electron chi connectivity index (χ3n) is 6.16. The van der Waals surface area contributed by atoms with E-state index in [0.717, 1.165) is 18.7 Å². The summed E-state index contributed by atoms with van der Waals surface area (Å²) in [4.78, 5) is 27.2. The summed E-state index contributed by atoms with van der Waals surface area (Å²) in [5.74, 6) is -2.38. The number of rotatable bonds is 3. The number of aryl methyl sites for hydroxylation is 1. The molecule has 1 saturated heterocycles. The van der Waals surface area contributed by atoms with E-state index >= 15 is 4.39 Å². The number of hydrogen-bond donors (Lipinski definition) is 0. The first-order valence-corrected chi connectivity index (χ1v) is 11.4. The molecule has 0 radical (unpaired) electrons. The normalized spacial score (nSPS) is 18.1. The predicted molar refractivity (Wildman–Crippen MR) is 126 cm³/mol. The lowest BCUT2D eigenvalue weighted by Crippen LogP contribution is -2.44. The van der Waals surface area contributed by atoms with Crippen molar-refractivity contribution >= 4 is 17.0 Å². The lowest BCUT2D eigenvalue weighted by atomic mass is 10.1. The van der Waals surface area contributed by atoms with Gasteiger partial charge < -0.3 is 9.64 Å². The Morgan fingerprint density at radius 2 is 1.89 bits per heavy atom. The highest BCUT2D eigenvalue weighted by Crippen LogP contribution is 2.34. The highest BCUT2D eigenvalue weighted by atomic mass is 19.4. The number of fused-ring (bicyclic) bond motifs is 1. The summed E-state index contributed by atoms with van der Waals surface area (Å²) in [6.45, 7) is 2.37. The van der Waals surface area contributed by atoms with E-state index in [1.807, 2.05) is 6.92 Å². The highest BCUT2D eigenvalue weighted by Gasteiger charge is 2.38. The van der Waals surface area contributed by atoms with Crippen molar-refractivity contribution in [3.8, 4) is 17.3 Å². The van der Waals surface area contributed by atoms with Gasteiger partial charge in [-0.25, -0.2) is 19.3 Å². The molecule has 0 spiro atoms. The zero-order valence-electron chi connectivity index (χ0n) is 20.4. The minimum absolute atomic E-state index is 0.000964. The standard InChI is InChI=1S/C24H20F4N8O2/c1-12-9-36(11-17(38-12)14-8-30-34(2)10-14)23-32-18(15-5-4-13(7-29)6-16(15)25)19-20(33-23)21(37)35(3)22(31-19)24(26,27)28/h4-6,8,10,12,17H,9,11H2,1-3H3/t12-,17-/m0/s1. The monoisotopic (exact) mass is 528 g/mol. The molecule has 5 rings (SSSR count). The Hall–Kier alpha value is -4.38. The minimum atomic E-state index is -4.96. The molecule has 0 saturated carbocycles. The summed E-state index contributed by atoms with van der Waals surface area (Å²) >= 11 is 0. The van der Waals surface area contributed by atoms with Crippen molar-refractivity contribution in [1.82, 2.24) is 29.3 Å². The van der Waals surface area contributed by atoms with Gasteiger partial charge in [0.05, 0.1) is 30.5 Å². The Kier molecular flexibility index (Phi) is 6.10. The van der Waals surface area contributed by atoms with E-state index < -0.39 is 40.5 Å². The fourth-order valence-electron chi connectivity index (χ4n) is 4.40. The largest absolute Gasteiger partial charge is 0.449 e. The van der Waals surface area contributed by atoms with Crippen molar-refractivity contribution in [2.45, 2.75) is 25.3 Å². The van der Waals surface area contributed by atoms with E-state index in [2.05, 4.69) is 20.1 Å². The van der Waals surface area contributed by atoms with Gasteiger partial charge in [-0.3, -0.25) is 14.0 Å². The molecule has 0 amide bonds. The van der Waals surface area contributed by atoms with Crippen LogP contribution in [0.4, 0.5) is 23.5 Å². The van der Waals surface area contributed by atoms with Crippen LogP contribution in [0.1, 0.15) is 30.0 Å². The van der Waals surface area contributed by atoms with Crippen LogP contribution in [0, 0.1) is 17.1 Å². The van der Waals surface area contributed by atoms with E-state index in [0.29, 0.717) is 11.1 Å². The van der Waals surface area contributed by atoms with Crippen LogP contribution in [0.5, 0.6) is 0 Å². The molecular formula is C24H20F4N8O2. The molecule has 3 aromatic heterocycles. The number of aromatic nitrogens is 6. The molecule has 1 aromatic carbocycles. The van der Waals surface area contributed by atoms with Crippen LogP contribution in [0.25, 0.3) is 22.3 Å². The minimum Gasteiger partial charge on any atom is -0.367 e. The Labute approximate surface area is 212 Å². The van der Waals surface area contributed by atoms with Crippen LogP contribution < -0.4 is 10.5 Å². The van der Waals surface area contributed by atoms with Crippen LogP contribution in [0.2, 0.25) is 0 Å². The maximum absolute atomic E-state index is 15.1. The topological polar surface area (TPSA) is 115 Å². The van der Waals surface area contributed by atoms with Crippen molar-refractivity contribution in [1.29, 1.82) is 5.26 Å². The average molecular weight is 528 g/mol. The lowest BCUT2D eigenvalue weighted by molar-refractivity contribution is -0.147. The first-order valence-electron chi connectivity index (χ1n) is 11.4. The van der Waals surface area contributed by atoms with Crippen molar-refractivity contribution < 1.29 is 22.3 Å². The number of hydrogen-bond acceptors (Lipinski definition) is 8. The van der Waals surface area contributed by atoms with E-state index in [1.54, 1.807) is 35.1 Å². The van der Waals surface area contributed by atoms with Crippen molar-refractivity contribution in [2.24, 2.45) is 14.1 Å². The first kappa shape index (κ1) is 25.3. The number of halogens is 4. The van der Waals surface area contributed by atoms with Crippen LogP contribution in [-0.4, -0.2) is 48.5 Å². The summed E-state index contributed by atoms with van der Waals surface area (Å²) in [6, 6.07) is 5.25. The van der Waals surface area contributed by atoms with Gasteiger partial charge in [-0.15, -0.1) is 0 Å². The van der Waals surface area contributed by atoms with Gasteiger partial charge in [0.2, 0.25) is 11.8 Å². The average Bonchev–Trinajstić information content (AvgIpc) is 3.31. The number of ether oxygens (including phenoxy) is 1. The molecular weight excluding hydrogens is 508 g/mol. The van der Waals surface area contributed by atoms with Crippen LogP contribution >= 0.6 is 0 Å². The van der Waals surface area contributed by atoms with E-state index in [9.17, 15) is 18.0 Å². The molecule has 0 unspecified atom stereocenters. The number of morpholine rings is 1. The van der Waals surface area contributed by atoms with Gasteiger partial charge in [0.1, 0.15) is 23.1 Å². The quantitative estimate of drug-likeness (QED) is 0.373. The van der Waals surface area contributed by atoms with E-state index in [1.165, 1.54) is 12.1 Å². The Balaban J connectivity index is 1.73. The van der Waals surface area contributed by atoms with Gasteiger partial charge in [-0.1, -0.05) is 0 Å². The summed E-state index contributed by atoms with van der Waals surface area (Å²) in [5.41, 5.74) is -1.70. The molecule has 10 nitrogen and oxygen atoms in total. The second-order valence-electron chi connectivity index (χ2n) is 8.96. The van der Waals surface area contributed by atoms with Crippen molar-refractivity contribution in [2.75, 3.05) is 18.0 Å². The molecule has 1 fully saturated rings. The SMILES string of the molecule is C[C@H]1CN(c2nc(-c3ccc(C#N)cc3F)c3nc(C(F)(F)F)n(C)c(=O)c3n2)C[C@@H](c2cnn(C)c2)O1. The van der Waals surface area contributed by atoms with Crippen LogP contribution in [0.15, 0.2) is 35.4 Å². The van der Waals surface area contributed by atoms with Gasteiger partial charge in [0.15, 0.2) is 5.52 Å². The van der Waals surface area contributed by atoms with Crippen LogP contribution in [-0.2, 0) is 25.0 Å². The molecule has 38 heavy (non-hydrogen) atoms. The first-order chi connectivity index (χ1) is 18.0. The molecule has 14 heteroatoms. The maximum Gasteiger partial charge on any atom is 0.449 e. The highest BCUT2D eigenvalue weighted by molar-refractivity contribution is 5.90. The predicted octanol–water partition coefficient (Wildman–Crippen LogP) is 3.12. The molecule has 2 atom stereocenters. The zero-order chi connectivity index (χ0) is 27.4. The summed E-state index contributed by atoms with van der Waals surface area (Å²) in [5, 5.41) is 13.3. The Bertz CT molecular complexity index is 1660. The lowest BCUT2D eigenvalue weighted by Gasteiger charge is -2.36. The molecule has 0 aliphatic carbocycles. The number of nitrogens with zero attached hydrogens (tertiary/aromatic N) is 8. The molecule has 4 heterocycles. The van der Waals surface area contributed by atoms with Crippen LogP contribution in [0.3, 0.4) is 0 Å². The molecule has 196 valence electrons. The fourth-order valence-corrected chi connectivity index (χ4v) is 4.40. The Morgan fingerprint density at radius 3 is 2.53 bits per heavy atom. The number of nitriles is 1. The van der Waals surface area contributed by atoms with Gasteiger partial charge in [-0.05, 0) is 25.1 Å². The van der Waals surface area contributed by atoms with Gasteiger partial charge >= 0.3 is 6.18 Å².